The highest BCUT2D eigenvalue weighted by atomic mass is 79.9. The average molecular weight is 402 g/mol. The van der Waals surface area contributed by atoms with Gasteiger partial charge in [-0.1, -0.05) is 34.1 Å². The Labute approximate surface area is 151 Å². The Bertz CT molecular complexity index is 988. The maximum atomic E-state index is 13.8. The van der Waals surface area contributed by atoms with E-state index in [1.165, 1.54) is 18.5 Å². The van der Waals surface area contributed by atoms with Crippen molar-refractivity contribution in [2.24, 2.45) is 0 Å². The van der Waals surface area contributed by atoms with Crippen LogP contribution in [0.3, 0.4) is 0 Å². The van der Waals surface area contributed by atoms with Gasteiger partial charge in [-0.2, -0.15) is 0 Å². The van der Waals surface area contributed by atoms with Gasteiger partial charge >= 0.3 is 0 Å². The van der Waals surface area contributed by atoms with Crippen LogP contribution in [0.2, 0.25) is 0 Å². The van der Waals surface area contributed by atoms with Gasteiger partial charge in [0.25, 0.3) is 5.56 Å². The van der Waals surface area contributed by atoms with E-state index in [0.29, 0.717) is 5.69 Å². The molecule has 1 heterocycles. The number of nitrogens with zero attached hydrogens (tertiary/aromatic N) is 2. The van der Waals surface area contributed by atoms with Crippen LogP contribution >= 0.6 is 15.9 Å². The number of aromatic nitrogens is 2. The third kappa shape index (κ3) is 4.19. The van der Waals surface area contributed by atoms with Crippen molar-refractivity contribution in [3.05, 3.63) is 81.6 Å². The Morgan fingerprint density at radius 2 is 1.96 bits per heavy atom. The molecular formula is C18H13BrFN3O2. The van der Waals surface area contributed by atoms with Gasteiger partial charge in [0.05, 0.1) is 12.0 Å². The molecule has 0 unspecified atom stereocenters. The highest BCUT2D eigenvalue weighted by Gasteiger charge is 2.10. The second-order valence-corrected chi connectivity index (χ2v) is 6.19. The van der Waals surface area contributed by atoms with E-state index in [4.69, 9.17) is 0 Å². The second-order valence-electron chi connectivity index (χ2n) is 5.28. The van der Waals surface area contributed by atoms with E-state index in [1.807, 2.05) is 6.07 Å². The molecule has 0 aliphatic heterocycles. The number of carbonyl (C=O) groups excluding carboxylic acids is 1. The van der Waals surface area contributed by atoms with Gasteiger partial charge in [-0.15, -0.1) is 0 Å². The van der Waals surface area contributed by atoms with E-state index >= 15 is 0 Å². The predicted molar refractivity (Wildman–Crippen MR) is 96.7 cm³/mol. The Balaban J connectivity index is 1.76. The molecule has 0 radical (unpaired) electrons. The summed E-state index contributed by atoms with van der Waals surface area (Å²) in [5.41, 5.74) is 0.651. The number of hydrogen-bond acceptors (Lipinski definition) is 3. The Kier molecular flexibility index (Phi) is 5.04. The molecule has 3 rings (SSSR count). The molecule has 1 aromatic heterocycles. The number of anilines is 1. The number of hydrogen-bond donors (Lipinski definition) is 1. The average Bonchev–Trinajstić information content (AvgIpc) is 2.57. The first kappa shape index (κ1) is 17.0. The molecule has 0 saturated heterocycles. The number of benzene rings is 2. The minimum Gasteiger partial charge on any atom is -0.324 e. The molecule has 0 aliphatic carbocycles. The first-order valence-electron chi connectivity index (χ1n) is 7.40. The molecular weight excluding hydrogens is 389 g/mol. The highest BCUT2D eigenvalue weighted by Crippen LogP contribution is 2.18. The molecule has 0 fully saturated rings. The first-order valence-corrected chi connectivity index (χ1v) is 8.19. The van der Waals surface area contributed by atoms with Gasteiger partial charge in [0.2, 0.25) is 5.91 Å². The molecule has 0 bridgehead atoms. The second kappa shape index (κ2) is 7.40. The minimum absolute atomic E-state index is 0.185. The van der Waals surface area contributed by atoms with Crippen LogP contribution in [0.4, 0.5) is 10.1 Å². The molecule has 5 nitrogen and oxygen atoms in total. The predicted octanol–water partition coefficient (Wildman–Crippen LogP) is 3.45. The summed E-state index contributed by atoms with van der Waals surface area (Å²) >= 11 is 3.32. The quantitative estimate of drug-likeness (QED) is 0.727. The Morgan fingerprint density at radius 3 is 2.68 bits per heavy atom. The standard InChI is InChI=1S/C18H13BrFN3O2/c19-12-4-3-5-13(8-12)22-17(24)10-23-11-21-16(9-18(23)25)14-6-1-2-7-15(14)20/h1-9,11H,10H2,(H,22,24). The van der Waals surface area contributed by atoms with Gasteiger partial charge in [0.1, 0.15) is 12.4 Å². The molecule has 2 aromatic carbocycles. The van der Waals surface area contributed by atoms with Crippen LogP contribution in [0, 0.1) is 5.82 Å². The molecule has 7 heteroatoms. The first-order chi connectivity index (χ1) is 12.0. The summed E-state index contributed by atoms with van der Waals surface area (Å²) in [4.78, 5) is 28.3. The van der Waals surface area contributed by atoms with Crippen molar-refractivity contribution < 1.29 is 9.18 Å². The van der Waals surface area contributed by atoms with Gasteiger partial charge in [0.15, 0.2) is 0 Å². The SMILES string of the molecule is O=C(Cn1cnc(-c2ccccc2F)cc1=O)Nc1cccc(Br)c1. The van der Waals surface area contributed by atoms with Crippen molar-refractivity contribution in [2.45, 2.75) is 6.54 Å². The number of nitrogens with one attached hydrogen (secondary N) is 1. The number of halogens is 2. The third-order valence-corrected chi connectivity index (χ3v) is 3.94. The van der Waals surface area contributed by atoms with Gasteiger partial charge in [-0.25, -0.2) is 9.37 Å². The summed E-state index contributed by atoms with van der Waals surface area (Å²) in [5.74, 6) is -0.819. The lowest BCUT2D eigenvalue weighted by Gasteiger charge is -2.08. The molecule has 0 saturated carbocycles. The van der Waals surface area contributed by atoms with E-state index in [0.717, 1.165) is 9.04 Å². The fourth-order valence-electron chi connectivity index (χ4n) is 2.28. The van der Waals surface area contributed by atoms with Crippen LogP contribution < -0.4 is 10.9 Å². The molecule has 25 heavy (non-hydrogen) atoms. The lowest BCUT2D eigenvalue weighted by Crippen LogP contribution is -2.27. The fourth-order valence-corrected chi connectivity index (χ4v) is 2.68. The Morgan fingerprint density at radius 1 is 1.16 bits per heavy atom. The van der Waals surface area contributed by atoms with E-state index in [1.54, 1.807) is 36.4 Å². The van der Waals surface area contributed by atoms with Crippen molar-refractivity contribution in [2.75, 3.05) is 5.32 Å². The van der Waals surface area contributed by atoms with Gasteiger partial charge in [-0.3, -0.25) is 14.2 Å². The van der Waals surface area contributed by atoms with Gasteiger partial charge in [0, 0.05) is 21.8 Å². The molecule has 3 aromatic rings. The van der Waals surface area contributed by atoms with E-state index in [-0.39, 0.29) is 23.7 Å². The summed E-state index contributed by atoms with van der Waals surface area (Å²) in [6.07, 6.45) is 1.24. The van der Waals surface area contributed by atoms with Crippen molar-refractivity contribution in [1.82, 2.24) is 9.55 Å². The monoisotopic (exact) mass is 401 g/mol. The molecule has 1 N–H and O–H groups in total. The Hall–Kier alpha value is -2.80. The van der Waals surface area contributed by atoms with Gasteiger partial charge in [-0.05, 0) is 30.3 Å². The lowest BCUT2D eigenvalue weighted by atomic mass is 10.1. The summed E-state index contributed by atoms with van der Waals surface area (Å²) in [6, 6.07) is 14.4. The van der Waals surface area contributed by atoms with Crippen molar-refractivity contribution >= 4 is 27.5 Å². The molecule has 0 spiro atoms. The lowest BCUT2D eigenvalue weighted by molar-refractivity contribution is -0.116. The fraction of sp³-hybridized carbons (Fsp3) is 0.0556. The van der Waals surface area contributed by atoms with Gasteiger partial charge < -0.3 is 5.32 Å². The van der Waals surface area contributed by atoms with Crippen LogP contribution in [-0.4, -0.2) is 15.5 Å². The summed E-state index contributed by atoms with van der Waals surface area (Å²) < 4.78 is 15.8. The zero-order valence-corrected chi connectivity index (χ0v) is 14.5. The van der Waals surface area contributed by atoms with Crippen LogP contribution in [-0.2, 0) is 11.3 Å². The van der Waals surface area contributed by atoms with Crippen molar-refractivity contribution in [3.63, 3.8) is 0 Å². The van der Waals surface area contributed by atoms with Crippen LogP contribution in [0.5, 0.6) is 0 Å². The largest absolute Gasteiger partial charge is 0.324 e. The summed E-state index contributed by atoms with van der Waals surface area (Å²) in [5, 5.41) is 2.70. The van der Waals surface area contributed by atoms with E-state index in [9.17, 15) is 14.0 Å². The van der Waals surface area contributed by atoms with Crippen LogP contribution in [0.25, 0.3) is 11.3 Å². The molecule has 0 atom stereocenters. The topological polar surface area (TPSA) is 64.0 Å². The normalized spacial score (nSPS) is 10.5. The maximum Gasteiger partial charge on any atom is 0.254 e. The maximum absolute atomic E-state index is 13.8. The zero-order valence-electron chi connectivity index (χ0n) is 12.9. The molecule has 126 valence electrons. The smallest absolute Gasteiger partial charge is 0.254 e. The highest BCUT2D eigenvalue weighted by molar-refractivity contribution is 9.10. The number of carbonyl (C=O) groups is 1. The van der Waals surface area contributed by atoms with Crippen LogP contribution in [0.1, 0.15) is 0 Å². The summed E-state index contributed by atoms with van der Waals surface area (Å²) in [7, 11) is 0. The third-order valence-electron chi connectivity index (χ3n) is 3.45. The van der Waals surface area contributed by atoms with E-state index in [2.05, 4.69) is 26.2 Å². The zero-order chi connectivity index (χ0) is 17.8. The van der Waals surface area contributed by atoms with Crippen molar-refractivity contribution in [3.8, 4) is 11.3 Å². The van der Waals surface area contributed by atoms with Crippen LogP contribution in [0.15, 0.2) is 70.2 Å². The molecule has 0 aliphatic rings. The minimum atomic E-state index is -0.459. The summed E-state index contributed by atoms with van der Waals surface area (Å²) in [6.45, 7) is -0.185. The molecule has 1 amide bonds. The van der Waals surface area contributed by atoms with E-state index < -0.39 is 11.4 Å². The van der Waals surface area contributed by atoms with Crippen molar-refractivity contribution in [1.29, 1.82) is 0 Å². The number of amides is 1. The number of rotatable bonds is 4.